The van der Waals surface area contributed by atoms with Crippen LogP contribution in [0.5, 0.6) is 0 Å². The monoisotopic (exact) mass is 344 g/mol. The van der Waals surface area contributed by atoms with Gasteiger partial charge in [0.2, 0.25) is 0 Å². The van der Waals surface area contributed by atoms with Crippen LogP contribution < -0.4 is 0 Å². The molecule has 0 aromatic heterocycles. The van der Waals surface area contributed by atoms with Crippen LogP contribution >= 0.6 is 0 Å². The number of carbonyl (C=O) groups excluding carboxylic acids is 2. The number of hydrogen-bond acceptors (Lipinski definition) is 3. The summed E-state index contributed by atoms with van der Waals surface area (Å²) in [6, 6.07) is 19.4. The molecule has 0 N–H and O–H groups in total. The Kier molecular flexibility index (Phi) is 17.8. The molecule has 0 atom stereocenters. The van der Waals surface area contributed by atoms with Crippen molar-refractivity contribution in [3.63, 3.8) is 0 Å². The number of carbonyl (C=O) groups is 2. The molecule has 0 fully saturated rings. The van der Waals surface area contributed by atoms with Gasteiger partial charge in [0.15, 0.2) is 0 Å². The molecule has 138 valence electrons. The van der Waals surface area contributed by atoms with E-state index in [1.54, 1.807) is 6.92 Å². The van der Waals surface area contributed by atoms with E-state index in [1.165, 1.54) is 6.92 Å². The highest BCUT2D eigenvalue weighted by atomic mass is 16.5. The van der Waals surface area contributed by atoms with Crippen molar-refractivity contribution in [1.82, 2.24) is 0 Å². The zero-order valence-electron chi connectivity index (χ0n) is 16.4. The second kappa shape index (κ2) is 17.9. The predicted octanol–water partition coefficient (Wildman–Crippen LogP) is 5.62. The lowest BCUT2D eigenvalue weighted by atomic mass is 10.1. The molecule has 0 amide bonds. The molecule has 0 aliphatic carbocycles. The average molecular weight is 344 g/mol. The molecule has 2 aromatic rings. The highest BCUT2D eigenvalue weighted by Gasteiger charge is 1.94. The van der Waals surface area contributed by atoms with Crippen molar-refractivity contribution in [3.05, 3.63) is 71.8 Å². The van der Waals surface area contributed by atoms with Crippen LogP contribution in [0.3, 0.4) is 0 Å². The third kappa shape index (κ3) is 16.2. The molecular weight excluding hydrogens is 312 g/mol. The van der Waals surface area contributed by atoms with Gasteiger partial charge in [-0.1, -0.05) is 88.4 Å². The van der Waals surface area contributed by atoms with E-state index in [4.69, 9.17) is 4.74 Å². The fourth-order valence-corrected chi connectivity index (χ4v) is 1.64. The van der Waals surface area contributed by atoms with Gasteiger partial charge in [-0.05, 0) is 18.1 Å². The number of esters is 1. The first-order chi connectivity index (χ1) is 12.1. The van der Waals surface area contributed by atoms with Gasteiger partial charge in [0.05, 0.1) is 0 Å². The Morgan fingerprint density at radius 3 is 1.48 bits per heavy atom. The normalized spacial score (nSPS) is 8.24. The van der Waals surface area contributed by atoms with E-state index in [9.17, 15) is 9.59 Å². The van der Waals surface area contributed by atoms with E-state index in [1.807, 2.05) is 88.4 Å². The van der Waals surface area contributed by atoms with Gasteiger partial charge >= 0.3 is 5.97 Å². The third-order valence-electron chi connectivity index (χ3n) is 2.58. The van der Waals surface area contributed by atoms with E-state index < -0.39 is 0 Å². The Hall–Kier alpha value is -2.42. The van der Waals surface area contributed by atoms with Gasteiger partial charge < -0.3 is 4.74 Å². The summed E-state index contributed by atoms with van der Waals surface area (Å²) in [5.41, 5.74) is 2.11. The van der Waals surface area contributed by atoms with Gasteiger partial charge in [0.1, 0.15) is 12.4 Å². The van der Waals surface area contributed by atoms with Gasteiger partial charge in [-0.25, -0.2) is 0 Å². The molecule has 2 aromatic carbocycles. The summed E-state index contributed by atoms with van der Waals surface area (Å²) in [7, 11) is 0. The smallest absolute Gasteiger partial charge is 0.302 e. The first-order valence-electron chi connectivity index (χ1n) is 8.78. The van der Waals surface area contributed by atoms with Crippen molar-refractivity contribution in [1.29, 1.82) is 0 Å². The number of Topliss-reactive ketones (excluding diaryl/α,β-unsaturated/α-hetero) is 1. The molecular formula is C22H32O3. The van der Waals surface area contributed by atoms with Gasteiger partial charge in [-0.2, -0.15) is 0 Å². The van der Waals surface area contributed by atoms with Crippen molar-refractivity contribution in [2.24, 2.45) is 0 Å². The number of ether oxygens (including phenoxy) is 1. The lowest BCUT2D eigenvalue weighted by Crippen LogP contribution is -1.97. The summed E-state index contributed by atoms with van der Waals surface area (Å²) in [6.07, 6.45) is 0.556. The van der Waals surface area contributed by atoms with E-state index in [0.29, 0.717) is 13.0 Å². The largest absolute Gasteiger partial charge is 0.461 e. The Bertz CT molecular complexity index is 548. The SMILES string of the molecule is CC.CC.CC(=O)Cc1ccccc1.CC(=O)OCc1ccccc1. The molecule has 25 heavy (non-hydrogen) atoms. The molecule has 0 aliphatic rings. The number of ketones is 1. The van der Waals surface area contributed by atoms with Crippen molar-refractivity contribution in [2.75, 3.05) is 0 Å². The molecule has 0 aliphatic heterocycles. The molecule has 2 rings (SSSR count). The van der Waals surface area contributed by atoms with Crippen LogP contribution in [0.25, 0.3) is 0 Å². The molecule has 0 spiro atoms. The standard InChI is InChI=1S/C9H10O2.C9H10O.2C2H6/c1-8(10)11-7-9-5-3-2-4-6-9;1-8(10)7-9-5-3-2-4-6-9;2*1-2/h2-6H,7H2,1H3;2-6H,7H2,1H3;2*1-2H3. The summed E-state index contributed by atoms with van der Waals surface area (Å²) >= 11 is 0. The highest BCUT2D eigenvalue weighted by molar-refractivity contribution is 5.78. The third-order valence-corrected chi connectivity index (χ3v) is 2.58. The zero-order valence-corrected chi connectivity index (χ0v) is 16.4. The van der Waals surface area contributed by atoms with Crippen LogP contribution in [0.1, 0.15) is 52.7 Å². The van der Waals surface area contributed by atoms with Gasteiger partial charge in [-0.3, -0.25) is 9.59 Å². The van der Waals surface area contributed by atoms with Crippen molar-refractivity contribution >= 4 is 11.8 Å². The van der Waals surface area contributed by atoms with Crippen molar-refractivity contribution in [3.8, 4) is 0 Å². The Labute approximate surface area is 153 Å². The Balaban J connectivity index is 0. The van der Waals surface area contributed by atoms with Gasteiger partial charge in [0.25, 0.3) is 0 Å². The van der Waals surface area contributed by atoms with Crippen LogP contribution in [0.2, 0.25) is 0 Å². The number of hydrogen-bond donors (Lipinski definition) is 0. The van der Waals surface area contributed by atoms with E-state index in [-0.39, 0.29) is 11.8 Å². The topological polar surface area (TPSA) is 43.4 Å². The van der Waals surface area contributed by atoms with Crippen LogP contribution in [0, 0.1) is 0 Å². The molecule has 3 heteroatoms. The zero-order chi connectivity index (χ0) is 19.5. The molecule has 0 heterocycles. The maximum atomic E-state index is 10.6. The molecule has 0 saturated carbocycles. The lowest BCUT2D eigenvalue weighted by molar-refractivity contribution is -0.142. The first-order valence-corrected chi connectivity index (χ1v) is 8.78. The lowest BCUT2D eigenvalue weighted by Gasteiger charge is -1.99. The minimum Gasteiger partial charge on any atom is -0.461 e. The average Bonchev–Trinajstić information content (AvgIpc) is 2.65. The van der Waals surface area contributed by atoms with E-state index in [2.05, 4.69) is 0 Å². The minimum absolute atomic E-state index is 0.214. The summed E-state index contributed by atoms with van der Waals surface area (Å²) in [5.74, 6) is -0.0277. The van der Waals surface area contributed by atoms with Crippen LogP contribution in [-0.2, 0) is 27.4 Å². The van der Waals surface area contributed by atoms with Crippen LogP contribution in [0.15, 0.2) is 60.7 Å². The van der Waals surface area contributed by atoms with Gasteiger partial charge in [-0.15, -0.1) is 0 Å². The Morgan fingerprint density at radius 2 is 1.12 bits per heavy atom. The fraction of sp³-hybridized carbons (Fsp3) is 0.364. The van der Waals surface area contributed by atoms with E-state index >= 15 is 0 Å². The molecule has 0 bridgehead atoms. The molecule has 0 unspecified atom stereocenters. The predicted molar refractivity (Wildman–Crippen MR) is 105 cm³/mol. The summed E-state index contributed by atoms with van der Waals surface area (Å²) in [4.78, 5) is 21.0. The molecule has 3 nitrogen and oxygen atoms in total. The summed E-state index contributed by atoms with van der Waals surface area (Å²) in [5, 5.41) is 0. The number of benzene rings is 2. The Morgan fingerprint density at radius 1 is 0.720 bits per heavy atom. The minimum atomic E-state index is -0.242. The molecule has 0 radical (unpaired) electrons. The van der Waals surface area contributed by atoms with Crippen LogP contribution in [-0.4, -0.2) is 11.8 Å². The maximum Gasteiger partial charge on any atom is 0.302 e. The molecule has 0 saturated heterocycles. The van der Waals surface area contributed by atoms with Crippen molar-refractivity contribution in [2.45, 2.75) is 54.6 Å². The highest BCUT2D eigenvalue weighted by Crippen LogP contribution is 2.00. The second-order valence-corrected chi connectivity index (χ2v) is 4.63. The number of rotatable bonds is 4. The fourth-order valence-electron chi connectivity index (χ4n) is 1.64. The summed E-state index contributed by atoms with van der Waals surface area (Å²) < 4.78 is 4.79. The van der Waals surface area contributed by atoms with Crippen LogP contribution in [0.4, 0.5) is 0 Å². The van der Waals surface area contributed by atoms with E-state index in [0.717, 1.165) is 11.1 Å². The first kappa shape index (κ1) is 24.8. The second-order valence-electron chi connectivity index (χ2n) is 4.63. The van der Waals surface area contributed by atoms with Gasteiger partial charge in [0, 0.05) is 13.3 Å². The van der Waals surface area contributed by atoms with Crippen molar-refractivity contribution < 1.29 is 14.3 Å². The maximum absolute atomic E-state index is 10.6. The summed E-state index contributed by atoms with van der Waals surface area (Å²) in [6.45, 7) is 11.4. The quantitative estimate of drug-likeness (QED) is 0.676.